The number of rotatable bonds is 6. The van der Waals surface area contributed by atoms with E-state index in [0.29, 0.717) is 0 Å². The van der Waals surface area contributed by atoms with Crippen molar-refractivity contribution in [2.75, 3.05) is 13.1 Å². The summed E-state index contributed by atoms with van der Waals surface area (Å²) in [6.07, 6.45) is 1.96. The van der Waals surface area contributed by atoms with Crippen LogP contribution in [0.3, 0.4) is 0 Å². The van der Waals surface area contributed by atoms with Crippen molar-refractivity contribution >= 4 is 11.0 Å². The molecule has 0 aliphatic heterocycles. The first-order valence-corrected chi connectivity index (χ1v) is 6.33. The van der Waals surface area contributed by atoms with E-state index in [1.807, 2.05) is 4.31 Å². The Labute approximate surface area is 85.3 Å². The maximum atomic E-state index is 12.1. The maximum absolute atomic E-state index is 12.1. The molecule has 0 aromatic carbocycles. The highest BCUT2D eigenvalue weighted by Crippen LogP contribution is 2.24. The normalized spacial score (nSPS) is 14.9. The van der Waals surface area contributed by atoms with Gasteiger partial charge in [0.15, 0.2) is 0 Å². The summed E-state index contributed by atoms with van der Waals surface area (Å²) in [6.45, 7) is 12.2. The Kier molecular flexibility index (Phi) is 5.81. The van der Waals surface area contributed by atoms with Gasteiger partial charge in [0, 0.05) is 13.1 Å². The summed E-state index contributed by atoms with van der Waals surface area (Å²) in [5.74, 6) is 0. The van der Waals surface area contributed by atoms with E-state index in [-0.39, 0.29) is 4.75 Å². The summed E-state index contributed by atoms with van der Waals surface area (Å²) in [6, 6.07) is 0. The third kappa shape index (κ3) is 3.06. The molecule has 13 heavy (non-hydrogen) atoms. The molecule has 80 valence electrons. The minimum absolute atomic E-state index is 0.0357. The van der Waals surface area contributed by atoms with E-state index in [4.69, 9.17) is 0 Å². The lowest BCUT2D eigenvalue weighted by Crippen LogP contribution is -2.40. The predicted octanol–water partition coefficient (Wildman–Crippen LogP) is 2.57. The molecule has 0 bridgehead atoms. The van der Waals surface area contributed by atoms with Crippen molar-refractivity contribution in [1.29, 1.82) is 0 Å². The van der Waals surface area contributed by atoms with Crippen molar-refractivity contribution in [3.05, 3.63) is 0 Å². The van der Waals surface area contributed by atoms with Crippen LogP contribution in [-0.2, 0) is 11.0 Å². The largest absolute Gasteiger partial charge is 0.242 e. The van der Waals surface area contributed by atoms with Gasteiger partial charge in [-0.15, -0.1) is 0 Å². The van der Waals surface area contributed by atoms with Crippen molar-refractivity contribution in [1.82, 2.24) is 4.31 Å². The van der Waals surface area contributed by atoms with E-state index in [2.05, 4.69) is 34.6 Å². The van der Waals surface area contributed by atoms with E-state index in [9.17, 15) is 4.21 Å². The Morgan fingerprint density at radius 2 is 1.46 bits per heavy atom. The van der Waals surface area contributed by atoms with Crippen LogP contribution in [0.1, 0.15) is 47.5 Å². The number of nitrogens with zero attached hydrogens (tertiary/aromatic N) is 1. The zero-order chi connectivity index (χ0) is 10.5. The highest BCUT2D eigenvalue weighted by molar-refractivity contribution is 7.84. The first-order chi connectivity index (χ1) is 6.05. The van der Waals surface area contributed by atoms with Gasteiger partial charge in [0.2, 0.25) is 0 Å². The molecule has 0 amide bonds. The lowest BCUT2D eigenvalue weighted by atomic mass is 10.1. The lowest BCUT2D eigenvalue weighted by molar-refractivity contribution is 0.450. The molecule has 0 spiro atoms. The monoisotopic (exact) mass is 205 g/mol. The summed E-state index contributed by atoms with van der Waals surface area (Å²) in [7, 11) is -0.828. The fraction of sp³-hybridized carbons (Fsp3) is 1.00. The average molecular weight is 205 g/mol. The van der Waals surface area contributed by atoms with Crippen LogP contribution >= 0.6 is 0 Å². The van der Waals surface area contributed by atoms with Crippen molar-refractivity contribution in [2.45, 2.75) is 52.2 Å². The molecule has 0 aromatic rings. The van der Waals surface area contributed by atoms with Crippen LogP contribution in [0.2, 0.25) is 0 Å². The molecule has 0 fully saturated rings. The molecule has 0 radical (unpaired) electrons. The van der Waals surface area contributed by atoms with Gasteiger partial charge in [0.05, 0.1) is 4.75 Å². The minimum Gasteiger partial charge on any atom is -0.242 e. The maximum Gasteiger partial charge on any atom is 0.100 e. The molecular formula is C10H23NOS. The highest BCUT2D eigenvalue weighted by atomic mass is 32.2. The van der Waals surface area contributed by atoms with Gasteiger partial charge < -0.3 is 0 Å². The molecule has 0 heterocycles. The summed E-state index contributed by atoms with van der Waals surface area (Å²) in [5.41, 5.74) is 0. The van der Waals surface area contributed by atoms with Crippen molar-refractivity contribution in [3.8, 4) is 0 Å². The van der Waals surface area contributed by atoms with Gasteiger partial charge in [0.1, 0.15) is 11.0 Å². The molecule has 0 rings (SSSR count). The third-order valence-electron chi connectivity index (χ3n) is 2.86. The second-order valence-corrected chi connectivity index (χ2v) is 5.52. The molecule has 1 atom stereocenters. The minimum atomic E-state index is -0.828. The molecular weight excluding hydrogens is 182 g/mol. The van der Waals surface area contributed by atoms with E-state index in [0.717, 1.165) is 25.9 Å². The van der Waals surface area contributed by atoms with Crippen LogP contribution in [0.25, 0.3) is 0 Å². The van der Waals surface area contributed by atoms with Crippen LogP contribution in [0.4, 0.5) is 0 Å². The second kappa shape index (κ2) is 5.76. The van der Waals surface area contributed by atoms with Gasteiger partial charge in [0.25, 0.3) is 0 Å². The zero-order valence-corrected chi connectivity index (χ0v) is 10.4. The van der Waals surface area contributed by atoms with E-state index in [1.165, 1.54) is 0 Å². The van der Waals surface area contributed by atoms with Gasteiger partial charge in [-0.25, -0.2) is 8.51 Å². The van der Waals surface area contributed by atoms with Crippen LogP contribution in [-0.4, -0.2) is 26.4 Å². The molecule has 0 saturated heterocycles. The fourth-order valence-corrected chi connectivity index (χ4v) is 2.85. The summed E-state index contributed by atoms with van der Waals surface area (Å²) < 4.78 is 14.1. The second-order valence-electron chi connectivity index (χ2n) is 3.52. The van der Waals surface area contributed by atoms with Gasteiger partial charge in [-0.2, -0.15) is 0 Å². The molecule has 0 N–H and O–H groups in total. The van der Waals surface area contributed by atoms with Crippen LogP contribution in [0.5, 0.6) is 0 Å². The summed E-state index contributed by atoms with van der Waals surface area (Å²) >= 11 is 0. The smallest absolute Gasteiger partial charge is 0.100 e. The van der Waals surface area contributed by atoms with Crippen LogP contribution in [0, 0.1) is 0 Å². The standard InChI is InChI=1S/C10H23NOS/c1-6-10(5,7-2)13(12)11(8-3)9-4/h6-9H2,1-5H3. The van der Waals surface area contributed by atoms with Gasteiger partial charge >= 0.3 is 0 Å². The van der Waals surface area contributed by atoms with Crippen LogP contribution < -0.4 is 0 Å². The van der Waals surface area contributed by atoms with Gasteiger partial charge in [-0.05, 0) is 19.8 Å². The van der Waals surface area contributed by atoms with E-state index < -0.39 is 11.0 Å². The fourth-order valence-electron chi connectivity index (χ4n) is 1.27. The van der Waals surface area contributed by atoms with Gasteiger partial charge in [-0.3, -0.25) is 0 Å². The first kappa shape index (κ1) is 13.1. The predicted molar refractivity (Wildman–Crippen MR) is 60.1 cm³/mol. The highest BCUT2D eigenvalue weighted by Gasteiger charge is 2.30. The van der Waals surface area contributed by atoms with E-state index >= 15 is 0 Å². The molecule has 0 aliphatic carbocycles. The Bertz CT molecular complexity index is 162. The lowest BCUT2D eigenvalue weighted by Gasteiger charge is -2.31. The topological polar surface area (TPSA) is 20.3 Å². The molecule has 0 saturated carbocycles. The Hall–Kier alpha value is 0.110. The van der Waals surface area contributed by atoms with Crippen LogP contribution in [0.15, 0.2) is 0 Å². The number of hydrogen-bond acceptors (Lipinski definition) is 1. The summed E-state index contributed by atoms with van der Waals surface area (Å²) in [4.78, 5) is 0. The molecule has 0 aromatic heterocycles. The molecule has 2 nitrogen and oxygen atoms in total. The quantitative estimate of drug-likeness (QED) is 0.652. The van der Waals surface area contributed by atoms with E-state index in [1.54, 1.807) is 0 Å². The van der Waals surface area contributed by atoms with Crippen molar-refractivity contribution < 1.29 is 4.21 Å². The first-order valence-electron chi connectivity index (χ1n) is 5.22. The Balaban J connectivity index is 4.53. The molecule has 3 heteroatoms. The Morgan fingerprint density at radius 3 is 1.69 bits per heavy atom. The SMILES string of the molecule is CCN(CC)S(=O)C(C)(CC)CC. The van der Waals surface area contributed by atoms with Gasteiger partial charge in [-0.1, -0.05) is 27.7 Å². The Morgan fingerprint density at radius 1 is 1.08 bits per heavy atom. The summed E-state index contributed by atoms with van der Waals surface area (Å²) in [5, 5.41) is 0. The average Bonchev–Trinajstić information content (AvgIpc) is 2.18. The third-order valence-corrected chi connectivity index (χ3v) is 5.26. The number of hydrogen-bond donors (Lipinski definition) is 0. The molecule has 0 aliphatic rings. The van der Waals surface area contributed by atoms with Crippen molar-refractivity contribution in [3.63, 3.8) is 0 Å². The van der Waals surface area contributed by atoms with Crippen molar-refractivity contribution in [2.24, 2.45) is 0 Å². The molecule has 1 unspecified atom stereocenters. The zero-order valence-electron chi connectivity index (χ0n) is 9.59.